The smallest absolute Gasteiger partial charge is 0.333 e. The Labute approximate surface area is 272 Å². The molecule has 0 heterocycles. The first kappa shape index (κ1) is 40.5. The zero-order valence-electron chi connectivity index (χ0n) is 28.6. The van der Waals surface area contributed by atoms with Gasteiger partial charge in [0.2, 0.25) is 0 Å². The van der Waals surface area contributed by atoms with Gasteiger partial charge in [-0.15, -0.1) is 11.8 Å². The zero-order chi connectivity index (χ0) is 33.4. The number of benzene rings is 1. The summed E-state index contributed by atoms with van der Waals surface area (Å²) >= 11 is 1.59. The van der Waals surface area contributed by atoms with Crippen LogP contribution in [0.2, 0.25) is 0 Å². The second-order valence-electron chi connectivity index (χ2n) is 13.0. The van der Waals surface area contributed by atoms with Gasteiger partial charge in [-0.2, -0.15) is 13.2 Å². The lowest BCUT2D eigenvalue weighted by molar-refractivity contribution is -0.137. The van der Waals surface area contributed by atoms with Crippen LogP contribution in [0.25, 0.3) is 0 Å². The Bertz CT molecular complexity index is 981. The number of hydrogen-bond acceptors (Lipinski definition) is 3. The highest BCUT2D eigenvalue weighted by molar-refractivity contribution is 7.99. The average Bonchev–Trinajstić information content (AvgIpc) is 3.38. The zero-order valence-corrected chi connectivity index (χ0v) is 29.4. The van der Waals surface area contributed by atoms with Crippen molar-refractivity contribution in [1.82, 2.24) is 0 Å². The molecule has 5 rings (SSSR count). The van der Waals surface area contributed by atoms with Crippen LogP contribution < -0.4 is 5.73 Å². The van der Waals surface area contributed by atoms with Crippen molar-refractivity contribution in [2.24, 2.45) is 46.2 Å². The molecule has 4 fully saturated rings. The fourth-order valence-corrected chi connectivity index (χ4v) is 10.2. The maximum absolute atomic E-state index is 13.0. The molecule has 0 spiro atoms. The summed E-state index contributed by atoms with van der Waals surface area (Å²) in [7, 11) is 1.50. The molecule has 4 aliphatic rings. The van der Waals surface area contributed by atoms with Crippen molar-refractivity contribution in [3.63, 3.8) is 0 Å². The standard InChI is InChI=1S/C29H41F3S.C5H8.C2H6.CH5N.CH2O/c1-27-16-4-3-7-20(27)11-13-24-25-14-12-21(28(25,2)17-15-26(24)27)9-6-18-33-23-10-5-8-22(19-23)29(30,31)32;1-3-5-4-2;3*1-2/h5,8,10,19-21,24-26H,3-4,6-7,9,11-18H2,1-2H3;3-5H,1H2,2H3;1-2H3;2H2,1H3;1H2/b;5-4-;;;. The number of thioether (sulfide) groups is 1. The van der Waals surface area contributed by atoms with E-state index in [-0.39, 0.29) is 0 Å². The lowest BCUT2D eigenvalue weighted by atomic mass is 9.45. The molecular weight excluding hydrogens is 575 g/mol. The number of hydrogen-bond donors (Lipinski definition) is 1. The van der Waals surface area contributed by atoms with Crippen molar-refractivity contribution < 1.29 is 18.0 Å². The Kier molecular flexibility index (Phi) is 18.3. The second kappa shape index (κ2) is 19.9. The fraction of sp³-hybridized carbons (Fsp3) is 0.711. The molecule has 0 bridgehead atoms. The molecule has 1 aromatic carbocycles. The van der Waals surface area contributed by atoms with E-state index in [9.17, 15) is 13.2 Å². The van der Waals surface area contributed by atoms with Gasteiger partial charge in [-0.3, -0.25) is 0 Å². The second-order valence-corrected chi connectivity index (χ2v) is 14.2. The third kappa shape index (κ3) is 9.98. The van der Waals surface area contributed by atoms with Gasteiger partial charge in [0.05, 0.1) is 5.56 Å². The summed E-state index contributed by atoms with van der Waals surface area (Å²) in [5, 5.41) is 0. The highest BCUT2D eigenvalue weighted by Gasteiger charge is 2.59. The first-order chi connectivity index (χ1) is 21.1. The topological polar surface area (TPSA) is 43.1 Å². The van der Waals surface area contributed by atoms with Gasteiger partial charge in [0.25, 0.3) is 0 Å². The number of carbonyl (C=O) groups is 1. The van der Waals surface area contributed by atoms with E-state index in [2.05, 4.69) is 26.2 Å². The van der Waals surface area contributed by atoms with Gasteiger partial charge >= 0.3 is 6.18 Å². The Hall–Kier alpha value is -1.53. The first-order valence-electron chi connectivity index (χ1n) is 17.0. The Morgan fingerprint density at radius 2 is 1.64 bits per heavy atom. The monoisotopic (exact) mass is 637 g/mol. The Balaban J connectivity index is 0.000000778. The minimum Gasteiger partial charge on any atom is -0.333 e. The van der Waals surface area contributed by atoms with Crippen molar-refractivity contribution in [2.45, 2.75) is 123 Å². The first-order valence-corrected chi connectivity index (χ1v) is 18.0. The molecule has 4 saturated carbocycles. The van der Waals surface area contributed by atoms with E-state index in [1.165, 1.54) is 95.9 Å². The molecule has 1 aromatic rings. The molecule has 0 amide bonds. The molecule has 7 atom stereocenters. The maximum Gasteiger partial charge on any atom is 0.416 e. The van der Waals surface area contributed by atoms with Crippen LogP contribution >= 0.6 is 11.8 Å². The van der Waals surface area contributed by atoms with Crippen LogP contribution in [0.15, 0.2) is 54.0 Å². The van der Waals surface area contributed by atoms with Crippen LogP contribution in [-0.2, 0) is 11.0 Å². The highest BCUT2D eigenvalue weighted by Crippen LogP contribution is 2.67. The van der Waals surface area contributed by atoms with Crippen molar-refractivity contribution in [2.75, 3.05) is 12.8 Å². The molecule has 44 heavy (non-hydrogen) atoms. The summed E-state index contributed by atoms with van der Waals surface area (Å²) in [6, 6.07) is 5.83. The summed E-state index contributed by atoms with van der Waals surface area (Å²) in [5.74, 6) is 5.54. The maximum atomic E-state index is 13.0. The van der Waals surface area contributed by atoms with Gasteiger partial charge in [-0.05, 0) is 143 Å². The number of nitrogens with two attached hydrogens (primary N) is 1. The van der Waals surface area contributed by atoms with E-state index < -0.39 is 11.7 Å². The van der Waals surface area contributed by atoms with Crippen LogP contribution in [0.3, 0.4) is 0 Å². The van der Waals surface area contributed by atoms with Crippen LogP contribution in [0.4, 0.5) is 13.2 Å². The molecule has 7 unspecified atom stereocenters. The Morgan fingerprint density at radius 3 is 2.25 bits per heavy atom. The van der Waals surface area contributed by atoms with Crippen LogP contribution in [0, 0.1) is 40.4 Å². The molecular formula is C38H62F3NOS. The largest absolute Gasteiger partial charge is 0.416 e. The molecule has 0 aromatic heterocycles. The SMILES string of the molecule is C=C/C=C\C.C=O.CC.CC12CCCCC1CCC1C2CCC2(C)C(CCCSc3cccc(C(F)(F)F)c3)CCC12.CN. The summed E-state index contributed by atoms with van der Waals surface area (Å²) < 4.78 is 39.0. The van der Waals surface area contributed by atoms with Gasteiger partial charge in [0, 0.05) is 4.90 Å². The van der Waals surface area contributed by atoms with E-state index in [0.717, 1.165) is 46.7 Å². The molecule has 2 nitrogen and oxygen atoms in total. The molecule has 2 N–H and O–H groups in total. The minimum absolute atomic E-state index is 0.500. The van der Waals surface area contributed by atoms with E-state index in [1.54, 1.807) is 17.8 Å². The summed E-state index contributed by atoms with van der Waals surface area (Å²) in [6.07, 6.45) is 18.1. The number of halogens is 3. The lowest BCUT2D eigenvalue weighted by Gasteiger charge is -2.60. The van der Waals surface area contributed by atoms with Gasteiger partial charge in [-0.25, -0.2) is 0 Å². The number of fused-ring (bicyclic) bond motifs is 5. The van der Waals surface area contributed by atoms with Crippen LogP contribution in [0.1, 0.15) is 117 Å². The highest BCUT2D eigenvalue weighted by atomic mass is 32.2. The summed E-state index contributed by atoms with van der Waals surface area (Å²) in [6.45, 7) is 16.7. The number of alkyl halides is 3. The predicted molar refractivity (Wildman–Crippen MR) is 185 cm³/mol. The molecule has 0 saturated heterocycles. The summed E-state index contributed by atoms with van der Waals surface area (Å²) in [4.78, 5) is 8.75. The predicted octanol–water partition coefficient (Wildman–Crippen LogP) is 11.8. The van der Waals surface area contributed by atoms with E-state index in [1.807, 2.05) is 45.8 Å². The third-order valence-electron chi connectivity index (χ3n) is 11.2. The van der Waals surface area contributed by atoms with Gasteiger partial charge < -0.3 is 10.5 Å². The van der Waals surface area contributed by atoms with Gasteiger partial charge in [-0.1, -0.05) is 71.4 Å². The lowest BCUT2D eigenvalue weighted by Crippen LogP contribution is -2.52. The van der Waals surface area contributed by atoms with E-state index in [4.69, 9.17) is 4.79 Å². The van der Waals surface area contributed by atoms with Crippen molar-refractivity contribution >= 4 is 18.6 Å². The van der Waals surface area contributed by atoms with E-state index in [0.29, 0.717) is 10.8 Å². The van der Waals surface area contributed by atoms with Crippen molar-refractivity contribution in [3.05, 3.63) is 54.6 Å². The molecule has 0 radical (unpaired) electrons. The van der Waals surface area contributed by atoms with Crippen molar-refractivity contribution in [3.8, 4) is 0 Å². The Morgan fingerprint density at radius 1 is 0.955 bits per heavy atom. The van der Waals surface area contributed by atoms with Gasteiger partial charge in [0.1, 0.15) is 6.79 Å². The van der Waals surface area contributed by atoms with Gasteiger partial charge in [0.15, 0.2) is 0 Å². The minimum atomic E-state index is -4.25. The average molecular weight is 638 g/mol. The number of allylic oxidation sites excluding steroid dienone is 3. The van der Waals surface area contributed by atoms with Crippen LogP contribution in [-0.4, -0.2) is 19.6 Å². The number of carbonyl (C=O) groups excluding carboxylic acids is 1. The molecule has 4 aliphatic carbocycles. The van der Waals surface area contributed by atoms with E-state index >= 15 is 0 Å². The summed E-state index contributed by atoms with van der Waals surface area (Å²) in [5.41, 5.74) is 5.08. The third-order valence-corrected chi connectivity index (χ3v) is 12.3. The molecule has 252 valence electrons. The molecule has 0 aliphatic heterocycles. The van der Waals surface area contributed by atoms with Crippen molar-refractivity contribution in [1.29, 1.82) is 0 Å². The quantitative estimate of drug-likeness (QED) is 0.192. The fourth-order valence-electron chi connectivity index (χ4n) is 9.30. The number of rotatable bonds is 6. The van der Waals surface area contributed by atoms with Crippen LogP contribution in [0.5, 0.6) is 0 Å². The molecule has 6 heteroatoms. The normalized spacial score (nSPS) is 31.9.